The minimum absolute atomic E-state index is 0. The molecule has 2 saturated heterocycles. The van der Waals surface area contributed by atoms with E-state index in [9.17, 15) is 9.59 Å². The van der Waals surface area contributed by atoms with Crippen LogP contribution in [0.2, 0.25) is 0 Å². The zero-order chi connectivity index (χ0) is 16.2. The summed E-state index contributed by atoms with van der Waals surface area (Å²) in [5.74, 6) is 0.880. The second kappa shape index (κ2) is 8.30. The summed E-state index contributed by atoms with van der Waals surface area (Å²) in [4.78, 5) is 30.0. The van der Waals surface area contributed by atoms with Crippen LogP contribution in [0.3, 0.4) is 0 Å². The SMILES string of the molecule is C[C@H]1C[C@@H](C(=O)Nc2ccc(N3CCNC(=O)C3)nc2)CCN1.Cl. The average Bonchev–Trinajstić information content (AvgIpc) is 2.55. The largest absolute Gasteiger partial charge is 0.353 e. The summed E-state index contributed by atoms with van der Waals surface area (Å²) in [5.41, 5.74) is 0.700. The van der Waals surface area contributed by atoms with Crippen molar-refractivity contribution in [2.24, 2.45) is 5.92 Å². The van der Waals surface area contributed by atoms with Crippen LogP contribution in [0.15, 0.2) is 18.3 Å². The van der Waals surface area contributed by atoms with Crippen molar-refractivity contribution in [3.8, 4) is 0 Å². The van der Waals surface area contributed by atoms with Crippen molar-refractivity contribution in [3.63, 3.8) is 0 Å². The highest BCUT2D eigenvalue weighted by atomic mass is 35.5. The molecule has 1 aromatic heterocycles. The summed E-state index contributed by atoms with van der Waals surface area (Å²) in [6.07, 6.45) is 3.38. The maximum atomic E-state index is 12.3. The quantitative estimate of drug-likeness (QED) is 0.747. The number of hydrogen-bond donors (Lipinski definition) is 3. The van der Waals surface area contributed by atoms with Crippen LogP contribution in [0.4, 0.5) is 11.5 Å². The molecule has 2 amide bonds. The number of piperidine rings is 1. The van der Waals surface area contributed by atoms with Crippen LogP contribution in [-0.2, 0) is 9.59 Å². The number of pyridine rings is 1. The van der Waals surface area contributed by atoms with E-state index in [4.69, 9.17) is 0 Å². The molecule has 0 bridgehead atoms. The van der Waals surface area contributed by atoms with Crippen molar-refractivity contribution >= 4 is 35.7 Å². The standard InChI is InChI=1S/C16H23N5O2.ClH/c1-11-8-12(4-5-17-11)16(23)20-13-2-3-14(19-9-13)21-7-6-18-15(22)10-21;/h2-3,9,11-12,17H,4-8,10H2,1H3,(H,18,22)(H,20,23);1H/t11-,12-;/m0./s1. The molecular formula is C16H24ClN5O2. The Morgan fingerprint density at radius 3 is 2.88 bits per heavy atom. The van der Waals surface area contributed by atoms with Crippen LogP contribution in [0, 0.1) is 5.92 Å². The number of rotatable bonds is 3. The van der Waals surface area contributed by atoms with Crippen molar-refractivity contribution in [1.29, 1.82) is 0 Å². The molecule has 2 atom stereocenters. The molecule has 3 heterocycles. The van der Waals surface area contributed by atoms with Crippen molar-refractivity contribution in [3.05, 3.63) is 18.3 Å². The van der Waals surface area contributed by atoms with Gasteiger partial charge in [-0.15, -0.1) is 12.4 Å². The number of amides is 2. The summed E-state index contributed by atoms with van der Waals surface area (Å²) < 4.78 is 0. The Kier molecular flexibility index (Phi) is 6.39. The number of carbonyl (C=O) groups excluding carboxylic acids is 2. The lowest BCUT2D eigenvalue weighted by Gasteiger charge is -2.28. The van der Waals surface area contributed by atoms with E-state index in [1.165, 1.54) is 0 Å². The van der Waals surface area contributed by atoms with E-state index in [0.717, 1.165) is 31.7 Å². The van der Waals surface area contributed by atoms with Gasteiger partial charge in [0.1, 0.15) is 5.82 Å². The predicted octanol–water partition coefficient (Wildman–Crippen LogP) is 0.766. The van der Waals surface area contributed by atoms with Crippen LogP contribution >= 0.6 is 12.4 Å². The van der Waals surface area contributed by atoms with Gasteiger partial charge in [-0.2, -0.15) is 0 Å². The molecule has 24 heavy (non-hydrogen) atoms. The predicted molar refractivity (Wildman–Crippen MR) is 95.5 cm³/mol. The highest BCUT2D eigenvalue weighted by molar-refractivity contribution is 5.92. The van der Waals surface area contributed by atoms with E-state index in [0.29, 0.717) is 24.8 Å². The monoisotopic (exact) mass is 353 g/mol. The number of carbonyl (C=O) groups is 2. The summed E-state index contributed by atoms with van der Waals surface area (Å²) in [6, 6.07) is 4.07. The molecule has 0 aromatic carbocycles. The Balaban J connectivity index is 0.00000208. The third-order valence-corrected chi connectivity index (χ3v) is 4.37. The van der Waals surface area contributed by atoms with Crippen LogP contribution in [-0.4, -0.2) is 49.0 Å². The van der Waals surface area contributed by atoms with Crippen molar-refractivity contribution < 1.29 is 9.59 Å². The average molecular weight is 354 g/mol. The fourth-order valence-corrected chi connectivity index (χ4v) is 3.10. The number of piperazine rings is 1. The van der Waals surface area contributed by atoms with E-state index in [1.807, 2.05) is 17.0 Å². The Hall–Kier alpha value is -1.86. The summed E-state index contributed by atoms with van der Waals surface area (Å²) in [6.45, 7) is 4.69. The highest BCUT2D eigenvalue weighted by Crippen LogP contribution is 2.20. The molecule has 2 aliphatic rings. The maximum Gasteiger partial charge on any atom is 0.239 e. The van der Waals surface area contributed by atoms with Gasteiger partial charge in [0, 0.05) is 25.0 Å². The van der Waals surface area contributed by atoms with Crippen LogP contribution in [0.25, 0.3) is 0 Å². The summed E-state index contributed by atoms with van der Waals surface area (Å²) in [5, 5.41) is 9.08. The van der Waals surface area contributed by atoms with E-state index in [1.54, 1.807) is 6.20 Å². The van der Waals surface area contributed by atoms with Crippen LogP contribution in [0.5, 0.6) is 0 Å². The molecule has 132 valence electrons. The fourth-order valence-electron chi connectivity index (χ4n) is 3.10. The maximum absolute atomic E-state index is 12.3. The number of nitrogens with one attached hydrogen (secondary N) is 3. The smallest absolute Gasteiger partial charge is 0.239 e. The van der Waals surface area contributed by atoms with Gasteiger partial charge < -0.3 is 20.9 Å². The molecule has 3 N–H and O–H groups in total. The van der Waals surface area contributed by atoms with Gasteiger partial charge in [-0.3, -0.25) is 9.59 Å². The molecule has 0 unspecified atom stereocenters. The molecule has 0 spiro atoms. The third-order valence-electron chi connectivity index (χ3n) is 4.37. The van der Waals surface area contributed by atoms with Gasteiger partial charge in [-0.05, 0) is 38.4 Å². The second-order valence-corrected chi connectivity index (χ2v) is 6.24. The molecule has 0 radical (unpaired) electrons. The first kappa shape index (κ1) is 18.5. The first-order chi connectivity index (χ1) is 11.1. The Morgan fingerprint density at radius 1 is 1.38 bits per heavy atom. The Bertz CT molecular complexity index is 580. The van der Waals surface area contributed by atoms with Crippen molar-refractivity contribution in [2.45, 2.75) is 25.8 Å². The number of hydrogen-bond acceptors (Lipinski definition) is 5. The molecule has 2 aliphatic heterocycles. The fraction of sp³-hybridized carbons (Fsp3) is 0.562. The molecule has 2 fully saturated rings. The van der Waals surface area contributed by atoms with Gasteiger partial charge in [0.2, 0.25) is 11.8 Å². The first-order valence-electron chi connectivity index (χ1n) is 8.14. The summed E-state index contributed by atoms with van der Waals surface area (Å²) in [7, 11) is 0. The molecular weight excluding hydrogens is 330 g/mol. The second-order valence-electron chi connectivity index (χ2n) is 6.24. The van der Waals surface area contributed by atoms with Gasteiger partial charge in [0.25, 0.3) is 0 Å². The van der Waals surface area contributed by atoms with E-state index >= 15 is 0 Å². The lowest BCUT2D eigenvalue weighted by atomic mass is 9.92. The Morgan fingerprint density at radius 2 is 2.21 bits per heavy atom. The van der Waals surface area contributed by atoms with Crippen LogP contribution < -0.4 is 20.9 Å². The zero-order valence-electron chi connectivity index (χ0n) is 13.7. The lowest BCUT2D eigenvalue weighted by Crippen LogP contribution is -2.48. The number of aromatic nitrogens is 1. The normalized spacial score (nSPS) is 23.9. The van der Waals surface area contributed by atoms with Gasteiger partial charge in [0.05, 0.1) is 18.4 Å². The van der Waals surface area contributed by atoms with Gasteiger partial charge in [0.15, 0.2) is 0 Å². The summed E-state index contributed by atoms with van der Waals surface area (Å²) >= 11 is 0. The minimum Gasteiger partial charge on any atom is -0.353 e. The lowest BCUT2D eigenvalue weighted by molar-refractivity contribution is -0.121. The zero-order valence-corrected chi connectivity index (χ0v) is 14.6. The molecule has 0 aliphatic carbocycles. The van der Waals surface area contributed by atoms with Crippen molar-refractivity contribution in [2.75, 3.05) is 36.4 Å². The molecule has 7 nitrogen and oxygen atoms in total. The molecule has 0 saturated carbocycles. The van der Waals surface area contributed by atoms with E-state index in [-0.39, 0.29) is 30.1 Å². The number of anilines is 2. The highest BCUT2D eigenvalue weighted by Gasteiger charge is 2.25. The molecule has 1 aromatic rings. The van der Waals surface area contributed by atoms with Gasteiger partial charge in [-0.1, -0.05) is 0 Å². The molecule has 3 rings (SSSR count). The third kappa shape index (κ3) is 4.58. The Labute approximate surface area is 148 Å². The number of halogens is 1. The van der Waals surface area contributed by atoms with Gasteiger partial charge >= 0.3 is 0 Å². The van der Waals surface area contributed by atoms with E-state index in [2.05, 4.69) is 27.9 Å². The van der Waals surface area contributed by atoms with E-state index < -0.39 is 0 Å². The first-order valence-corrected chi connectivity index (χ1v) is 8.14. The topological polar surface area (TPSA) is 86.4 Å². The van der Waals surface area contributed by atoms with Crippen molar-refractivity contribution in [1.82, 2.24) is 15.6 Å². The van der Waals surface area contributed by atoms with Crippen LogP contribution in [0.1, 0.15) is 19.8 Å². The van der Waals surface area contributed by atoms with Gasteiger partial charge in [-0.25, -0.2) is 4.98 Å². The molecule has 8 heteroatoms. The number of nitrogens with zero attached hydrogens (tertiary/aromatic N) is 2. The minimum atomic E-state index is 0.